The molecule has 0 spiro atoms. The number of hydrogen-bond donors (Lipinski definition) is 3. The van der Waals surface area contributed by atoms with Crippen LogP contribution in [0.25, 0.3) is 0 Å². The summed E-state index contributed by atoms with van der Waals surface area (Å²) in [6.45, 7) is 23.5. The second-order valence-electron chi connectivity index (χ2n) is 22.9. The molecule has 22 atom stereocenters. The number of nitrogens with one attached hydrogen (secondary N) is 1. The molecule has 0 radical (unpaired) electrons. The summed E-state index contributed by atoms with van der Waals surface area (Å²) in [6.07, 6.45) is -14.7. The van der Waals surface area contributed by atoms with E-state index in [9.17, 15) is 19.8 Å². The average Bonchev–Trinajstić information content (AvgIpc) is 3.53. The van der Waals surface area contributed by atoms with Crippen LogP contribution in [-0.2, 0) is 80.8 Å². The summed E-state index contributed by atoms with van der Waals surface area (Å²) in [5.41, 5.74) is -1.72. The summed E-state index contributed by atoms with van der Waals surface area (Å²) in [5.74, 6) is -7.55. The van der Waals surface area contributed by atoms with E-state index in [-0.39, 0.29) is 56.2 Å². The van der Waals surface area contributed by atoms with Gasteiger partial charge in [0.05, 0.1) is 61.2 Å². The van der Waals surface area contributed by atoms with E-state index in [2.05, 4.69) is 22.3 Å². The number of Topliss-reactive ketones (excluding diaryl/α,β-unsaturated/α-hetero) is 1. The zero-order valence-electron chi connectivity index (χ0n) is 49.9. The number of nitrogens with zero attached hydrogens (tertiary/aromatic N) is 2. The van der Waals surface area contributed by atoms with E-state index in [4.69, 9.17) is 66.4 Å². The third-order valence-corrected chi connectivity index (χ3v) is 15.9. The lowest BCUT2D eigenvalue weighted by atomic mass is 9.74. The Morgan fingerprint density at radius 3 is 2.06 bits per heavy atom. The summed E-state index contributed by atoms with van der Waals surface area (Å²) >= 11 is 0. The topological polar surface area (TPSA) is 266 Å². The highest BCUT2D eigenvalue weighted by Gasteiger charge is 2.53. The van der Waals surface area contributed by atoms with Gasteiger partial charge in [0, 0.05) is 78.0 Å². The van der Waals surface area contributed by atoms with Crippen LogP contribution in [0, 0.1) is 41.4 Å². The fraction of sp³-hybridized carbons (Fsp3) is 0.909. The fourth-order valence-electron chi connectivity index (χ4n) is 11.4. The molecule has 23 nitrogen and oxygen atoms in total. The first-order valence-electron chi connectivity index (χ1n) is 27.7. The van der Waals surface area contributed by atoms with Crippen LogP contribution in [0.4, 0.5) is 4.79 Å². The number of aliphatic hydroxyl groups is 2. The molecule has 0 bridgehead atoms. The SMILES string of the molecule is CON=C1C[C@@H](C)O[C@@H](O[C@@H]2[C@@H](C)[C@H](O[C@H]3C[C@@H](C)N(C)C[C@H](C)O3)[C@@H](C)C(=O)OC([C@@H](C)CO[C@@H]3O[C@H](C)[C@@H](O)[C@@H](OC)[C@H]3OC)[C@H](C)[C@@H](OC(=O)CC(C)C)[C@@H](C)C(=O)[C@@](C)(OC(=O)NCC(OC)OC)C[C@@H]2C)[C@@H]1O. The van der Waals surface area contributed by atoms with E-state index in [1.54, 1.807) is 48.5 Å². The van der Waals surface area contributed by atoms with E-state index in [0.717, 1.165) is 0 Å². The van der Waals surface area contributed by atoms with E-state index < -0.39 is 151 Å². The highest BCUT2D eigenvalue weighted by molar-refractivity contribution is 5.91. The number of likely N-dealkylation sites (N-methyl/N-ethyl adjacent to an activating group) is 1. The number of hydrogen-bond acceptors (Lipinski definition) is 22. The smallest absolute Gasteiger partial charge is 0.408 e. The van der Waals surface area contributed by atoms with Crippen molar-refractivity contribution in [2.24, 2.45) is 46.6 Å². The Morgan fingerprint density at radius 2 is 1.46 bits per heavy atom. The molecule has 1 unspecified atom stereocenters. The van der Waals surface area contributed by atoms with E-state index >= 15 is 9.59 Å². The number of carbonyl (C=O) groups is 4. The number of esters is 2. The van der Waals surface area contributed by atoms with Gasteiger partial charge in [0.1, 0.15) is 43.7 Å². The first-order chi connectivity index (χ1) is 36.6. The summed E-state index contributed by atoms with van der Waals surface area (Å²) in [6, 6.07) is 0.00510. The van der Waals surface area contributed by atoms with Gasteiger partial charge < -0.3 is 86.8 Å². The Labute approximate surface area is 462 Å². The van der Waals surface area contributed by atoms with Gasteiger partial charge in [-0.3, -0.25) is 14.4 Å². The van der Waals surface area contributed by atoms with Gasteiger partial charge in [-0.05, 0) is 66.8 Å². The zero-order valence-corrected chi connectivity index (χ0v) is 49.9. The lowest BCUT2D eigenvalue weighted by Gasteiger charge is -2.45. The molecule has 4 heterocycles. The molecule has 0 aromatic carbocycles. The van der Waals surface area contributed by atoms with Crippen LogP contribution in [0.3, 0.4) is 0 Å². The van der Waals surface area contributed by atoms with Crippen molar-refractivity contribution in [2.75, 3.05) is 62.3 Å². The van der Waals surface area contributed by atoms with Gasteiger partial charge >= 0.3 is 18.0 Å². The number of methoxy groups -OCH3 is 4. The number of rotatable bonds is 19. The number of alkyl carbamates (subject to hydrolysis) is 1. The van der Waals surface area contributed by atoms with Crippen molar-refractivity contribution < 1.29 is 95.8 Å². The molecule has 78 heavy (non-hydrogen) atoms. The van der Waals surface area contributed by atoms with Crippen molar-refractivity contribution in [2.45, 2.75) is 220 Å². The number of oxime groups is 1. The van der Waals surface area contributed by atoms with Gasteiger partial charge in [-0.2, -0.15) is 0 Å². The van der Waals surface area contributed by atoms with Crippen LogP contribution in [0.5, 0.6) is 0 Å². The predicted molar refractivity (Wildman–Crippen MR) is 283 cm³/mol. The first-order valence-corrected chi connectivity index (χ1v) is 27.7. The molecule has 23 heteroatoms. The molecule has 0 aromatic rings. The number of carbonyl (C=O) groups excluding carboxylic acids is 4. The minimum absolute atomic E-state index is 0.00349. The van der Waals surface area contributed by atoms with Crippen LogP contribution < -0.4 is 5.32 Å². The molecule has 0 aromatic heterocycles. The lowest BCUT2D eigenvalue weighted by Crippen LogP contribution is -2.59. The summed E-state index contributed by atoms with van der Waals surface area (Å²) in [7, 11) is 9.10. The largest absolute Gasteiger partial charge is 0.461 e. The molecule has 1 amide bonds. The molecular formula is C55H97N3O20. The van der Waals surface area contributed by atoms with Crippen LogP contribution in [0.15, 0.2) is 5.16 Å². The molecule has 4 aliphatic heterocycles. The Morgan fingerprint density at radius 1 is 0.808 bits per heavy atom. The third-order valence-electron chi connectivity index (χ3n) is 15.9. The maximum Gasteiger partial charge on any atom is 0.408 e. The van der Waals surface area contributed by atoms with Gasteiger partial charge in [-0.1, -0.05) is 53.6 Å². The van der Waals surface area contributed by atoms with Crippen LogP contribution >= 0.6 is 0 Å². The fourth-order valence-corrected chi connectivity index (χ4v) is 11.4. The second-order valence-corrected chi connectivity index (χ2v) is 22.9. The molecule has 4 rings (SSSR count). The molecule has 0 saturated carbocycles. The highest BCUT2D eigenvalue weighted by atomic mass is 16.7. The van der Waals surface area contributed by atoms with Crippen LogP contribution in [-0.4, -0.2) is 211 Å². The van der Waals surface area contributed by atoms with Crippen LogP contribution in [0.2, 0.25) is 0 Å². The molecule has 0 aliphatic carbocycles. The molecule has 4 fully saturated rings. The van der Waals surface area contributed by atoms with Crippen molar-refractivity contribution in [3.63, 3.8) is 0 Å². The predicted octanol–water partition coefficient (Wildman–Crippen LogP) is 4.63. The van der Waals surface area contributed by atoms with E-state index in [1.807, 2.05) is 34.7 Å². The maximum atomic E-state index is 15.8. The highest BCUT2D eigenvalue weighted by Crippen LogP contribution is 2.40. The number of cyclic esters (lactones) is 1. The van der Waals surface area contributed by atoms with E-state index in [1.165, 1.54) is 42.5 Å². The molecule has 4 aliphatic rings. The molecular weight excluding hydrogens is 1020 g/mol. The summed E-state index contributed by atoms with van der Waals surface area (Å²) in [5, 5.41) is 29.4. The van der Waals surface area contributed by atoms with Crippen molar-refractivity contribution in [1.82, 2.24) is 10.2 Å². The standard InChI is InChI=1S/C55H97N3O20/c1-27(2)20-39(59)74-46-34(9)45(29(4)26-70-53-49(68-18)48(67-17)42(60)37(12)73-53)76-51(63)36(11)47(75-40-21-30(5)58(14)25-32(7)71-40)33(8)44(77-52-43(61)38(57-69-19)22-31(6)72-52)28(3)23-55(13,50(62)35(46)10)78-54(64)56-24-41(65-15)66-16/h27-37,40-49,52-53,60-61H,20-26H2,1-19H3,(H,56,64)/t28-,29-,30+,31+,32-,33+,34-,35+,36+,37+,40-,42+,43+,44-,45?,46+,47-,48+,49+,52-,53+,55-/m0/s1. The van der Waals surface area contributed by atoms with Crippen molar-refractivity contribution in [3.8, 4) is 0 Å². The minimum Gasteiger partial charge on any atom is -0.461 e. The Balaban J connectivity index is 1.99. The molecule has 452 valence electrons. The summed E-state index contributed by atoms with van der Waals surface area (Å²) < 4.78 is 80.7. The van der Waals surface area contributed by atoms with Crippen LogP contribution in [0.1, 0.15) is 116 Å². The Bertz CT molecular complexity index is 1910. The third kappa shape index (κ3) is 17.7. The average molecular weight is 1120 g/mol. The zero-order chi connectivity index (χ0) is 58.5. The maximum absolute atomic E-state index is 15.8. The van der Waals surface area contributed by atoms with E-state index in [0.29, 0.717) is 13.0 Å². The van der Waals surface area contributed by atoms with Crippen molar-refractivity contribution >= 4 is 29.5 Å². The quantitative estimate of drug-likeness (QED) is 0.0689. The number of aliphatic hydroxyl groups excluding tert-OH is 2. The van der Waals surface area contributed by atoms with Gasteiger partial charge in [0.25, 0.3) is 0 Å². The van der Waals surface area contributed by atoms with Crippen molar-refractivity contribution in [3.05, 3.63) is 0 Å². The van der Waals surface area contributed by atoms with Gasteiger partial charge in [0.15, 0.2) is 36.5 Å². The van der Waals surface area contributed by atoms with Gasteiger partial charge in [-0.15, -0.1) is 0 Å². The van der Waals surface area contributed by atoms with Gasteiger partial charge in [-0.25, -0.2) is 4.79 Å². The minimum atomic E-state index is -2.00. The van der Waals surface area contributed by atoms with Crippen molar-refractivity contribution in [1.29, 1.82) is 0 Å². The number of ketones is 1. The Kier molecular flexibility index (Phi) is 26.6. The molecule has 3 N–H and O–H groups in total. The normalized spacial score (nSPS) is 40.0. The van der Waals surface area contributed by atoms with Gasteiger partial charge in [0.2, 0.25) is 0 Å². The second kappa shape index (κ2) is 30.8. The number of amides is 1. The molecule has 4 saturated heterocycles. The first kappa shape index (κ1) is 67.3. The lowest BCUT2D eigenvalue weighted by molar-refractivity contribution is -0.305. The summed E-state index contributed by atoms with van der Waals surface area (Å²) in [4.78, 5) is 66.4. The Hall–Kier alpha value is -3.17. The number of ether oxygens (including phenoxy) is 13. The monoisotopic (exact) mass is 1120 g/mol.